The van der Waals surface area contributed by atoms with Crippen molar-refractivity contribution in [1.29, 1.82) is 0 Å². The lowest BCUT2D eigenvalue weighted by Gasteiger charge is -2.24. The fraction of sp³-hybridized carbons (Fsp3) is 0.625. The zero-order valence-electron chi connectivity index (χ0n) is 10.9. The number of benzene rings is 1. The fourth-order valence-corrected chi connectivity index (χ4v) is 4.25. The van der Waals surface area contributed by atoms with Gasteiger partial charge in [0.25, 0.3) is 0 Å². The summed E-state index contributed by atoms with van der Waals surface area (Å²) in [5, 5.41) is 0. The summed E-state index contributed by atoms with van der Waals surface area (Å²) in [4.78, 5) is 0.643. The van der Waals surface area contributed by atoms with Crippen molar-refractivity contribution in [2.45, 2.75) is 56.2 Å². The maximum atomic E-state index is 3.95. The van der Waals surface area contributed by atoms with Crippen molar-refractivity contribution in [2.75, 3.05) is 0 Å². The van der Waals surface area contributed by atoms with Crippen LogP contribution in [-0.2, 0) is 6.42 Å². The van der Waals surface area contributed by atoms with Gasteiger partial charge >= 0.3 is 0 Å². The Labute approximate surface area is 128 Å². The monoisotopic (exact) mass is 372 g/mol. The summed E-state index contributed by atoms with van der Waals surface area (Å²) in [5.74, 6) is 0.865. The summed E-state index contributed by atoms with van der Waals surface area (Å²) in [6.45, 7) is 0. The molecule has 1 aliphatic carbocycles. The van der Waals surface area contributed by atoms with E-state index < -0.39 is 0 Å². The molecule has 1 aromatic rings. The molecule has 0 aliphatic heterocycles. The SMILES string of the molecule is Brc1cccc(CC(Br)C2CCCCCCC2)c1. The van der Waals surface area contributed by atoms with Crippen molar-refractivity contribution in [3.05, 3.63) is 34.3 Å². The van der Waals surface area contributed by atoms with Crippen LogP contribution in [0.25, 0.3) is 0 Å². The fourth-order valence-electron chi connectivity index (χ4n) is 2.91. The number of rotatable bonds is 3. The second-order valence-corrected chi connectivity index (χ2v) is 7.55. The van der Waals surface area contributed by atoms with Gasteiger partial charge < -0.3 is 0 Å². The first kappa shape index (κ1) is 14.6. The summed E-state index contributed by atoms with van der Waals surface area (Å²) >= 11 is 7.50. The van der Waals surface area contributed by atoms with E-state index >= 15 is 0 Å². The standard InChI is InChI=1S/C16H22Br2/c17-15-10-6-7-13(11-15)12-16(18)14-8-4-2-1-3-5-9-14/h6-7,10-11,14,16H,1-5,8-9,12H2. The molecule has 0 bridgehead atoms. The molecule has 2 rings (SSSR count). The Bertz CT molecular complexity index is 354. The first-order valence-electron chi connectivity index (χ1n) is 7.14. The third kappa shape index (κ3) is 4.70. The lowest BCUT2D eigenvalue weighted by Crippen LogP contribution is -2.18. The van der Waals surface area contributed by atoms with Crippen LogP contribution in [0.1, 0.15) is 50.5 Å². The molecular weight excluding hydrogens is 352 g/mol. The van der Waals surface area contributed by atoms with Crippen LogP contribution in [0.4, 0.5) is 0 Å². The predicted octanol–water partition coefficient (Wildman–Crippen LogP) is 6.12. The molecule has 0 saturated heterocycles. The minimum atomic E-state index is 0.643. The molecule has 1 aliphatic rings. The van der Waals surface area contributed by atoms with Crippen molar-refractivity contribution in [2.24, 2.45) is 5.92 Å². The van der Waals surface area contributed by atoms with Crippen molar-refractivity contribution in [1.82, 2.24) is 0 Å². The molecule has 1 aromatic carbocycles. The lowest BCUT2D eigenvalue weighted by atomic mass is 9.87. The third-order valence-electron chi connectivity index (χ3n) is 3.98. The van der Waals surface area contributed by atoms with E-state index in [-0.39, 0.29) is 0 Å². The average Bonchev–Trinajstić information content (AvgIpc) is 2.28. The Balaban J connectivity index is 1.91. The van der Waals surface area contributed by atoms with E-state index in [2.05, 4.69) is 56.1 Å². The topological polar surface area (TPSA) is 0 Å². The van der Waals surface area contributed by atoms with Gasteiger partial charge in [0.1, 0.15) is 0 Å². The molecule has 0 aromatic heterocycles. The van der Waals surface area contributed by atoms with Crippen LogP contribution in [0.2, 0.25) is 0 Å². The third-order valence-corrected chi connectivity index (χ3v) is 5.55. The highest BCUT2D eigenvalue weighted by molar-refractivity contribution is 9.10. The summed E-state index contributed by atoms with van der Waals surface area (Å²) in [6.07, 6.45) is 11.1. The van der Waals surface area contributed by atoms with Crippen molar-refractivity contribution < 1.29 is 0 Å². The van der Waals surface area contributed by atoms with Gasteiger partial charge in [-0.25, -0.2) is 0 Å². The number of alkyl halides is 1. The number of hydrogen-bond acceptors (Lipinski definition) is 0. The number of hydrogen-bond donors (Lipinski definition) is 0. The Morgan fingerprint density at radius 1 is 1.06 bits per heavy atom. The Hall–Kier alpha value is 0.180. The van der Waals surface area contributed by atoms with Gasteiger partial charge in [-0.2, -0.15) is 0 Å². The van der Waals surface area contributed by atoms with Crippen LogP contribution in [-0.4, -0.2) is 4.83 Å². The van der Waals surface area contributed by atoms with Crippen molar-refractivity contribution >= 4 is 31.9 Å². The van der Waals surface area contributed by atoms with E-state index in [1.807, 2.05) is 0 Å². The second kappa shape index (κ2) is 7.69. The molecule has 1 saturated carbocycles. The summed E-state index contributed by atoms with van der Waals surface area (Å²) in [7, 11) is 0. The van der Waals surface area contributed by atoms with Crippen LogP contribution in [0.15, 0.2) is 28.7 Å². The van der Waals surface area contributed by atoms with Crippen molar-refractivity contribution in [3.8, 4) is 0 Å². The second-order valence-electron chi connectivity index (χ2n) is 5.46. The predicted molar refractivity (Wildman–Crippen MR) is 86.4 cm³/mol. The molecule has 1 atom stereocenters. The van der Waals surface area contributed by atoms with E-state index in [4.69, 9.17) is 0 Å². The van der Waals surface area contributed by atoms with Gasteiger partial charge in [-0.1, -0.05) is 76.1 Å². The summed E-state index contributed by atoms with van der Waals surface area (Å²) < 4.78 is 1.19. The van der Waals surface area contributed by atoms with E-state index in [0.717, 1.165) is 12.3 Å². The first-order valence-corrected chi connectivity index (χ1v) is 8.85. The molecule has 2 heteroatoms. The minimum absolute atomic E-state index is 0.643. The summed E-state index contributed by atoms with van der Waals surface area (Å²) in [6, 6.07) is 8.72. The molecule has 0 amide bonds. The highest BCUT2D eigenvalue weighted by atomic mass is 79.9. The average molecular weight is 374 g/mol. The highest BCUT2D eigenvalue weighted by Crippen LogP contribution is 2.30. The first-order chi connectivity index (χ1) is 8.75. The molecule has 1 fully saturated rings. The van der Waals surface area contributed by atoms with Gasteiger partial charge in [-0.05, 0) is 42.9 Å². The van der Waals surface area contributed by atoms with Crippen molar-refractivity contribution in [3.63, 3.8) is 0 Å². The zero-order chi connectivity index (χ0) is 12.8. The Kier molecular flexibility index (Phi) is 6.23. The molecule has 0 radical (unpaired) electrons. The van der Waals surface area contributed by atoms with E-state index in [1.165, 1.54) is 55.0 Å². The van der Waals surface area contributed by atoms with Crippen LogP contribution >= 0.6 is 31.9 Å². The summed E-state index contributed by atoms with van der Waals surface area (Å²) in [5.41, 5.74) is 1.44. The Morgan fingerprint density at radius 2 is 1.72 bits per heavy atom. The normalized spacial score (nSPS) is 20.1. The van der Waals surface area contributed by atoms with E-state index in [1.54, 1.807) is 0 Å². The minimum Gasteiger partial charge on any atom is -0.0884 e. The Morgan fingerprint density at radius 3 is 2.39 bits per heavy atom. The van der Waals surface area contributed by atoms with Gasteiger partial charge in [-0.3, -0.25) is 0 Å². The van der Waals surface area contributed by atoms with Gasteiger partial charge in [0, 0.05) is 9.30 Å². The largest absolute Gasteiger partial charge is 0.0884 e. The smallest absolute Gasteiger partial charge is 0.0214 e. The van der Waals surface area contributed by atoms with Gasteiger partial charge in [0.15, 0.2) is 0 Å². The molecule has 0 heterocycles. The van der Waals surface area contributed by atoms with E-state index in [0.29, 0.717) is 4.83 Å². The van der Waals surface area contributed by atoms with Gasteiger partial charge in [0.2, 0.25) is 0 Å². The van der Waals surface area contributed by atoms with Gasteiger partial charge in [0.05, 0.1) is 0 Å². The maximum Gasteiger partial charge on any atom is 0.0214 e. The van der Waals surface area contributed by atoms with Crippen LogP contribution in [0, 0.1) is 5.92 Å². The van der Waals surface area contributed by atoms with Crippen LogP contribution in [0.3, 0.4) is 0 Å². The van der Waals surface area contributed by atoms with Crippen LogP contribution in [0.5, 0.6) is 0 Å². The molecular formula is C16H22Br2. The molecule has 100 valence electrons. The molecule has 1 unspecified atom stereocenters. The quantitative estimate of drug-likeness (QED) is 0.560. The van der Waals surface area contributed by atoms with Gasteiger partial charge in [-0.15, -0.1) is 0 Å². The lowest BCUT2D eigenvalue weighted by molar-refractivity contribution is 0.370. The molecule has 0 N–H and O–H groups in total. The highest BCUT2D eigenvalue weighted by Gasteiger charge is 2.20. The van der Waals surface area contributed by atoms with E-state index in [9.17, 15) is 0 Å². The molecule has 0 spiro atoms. The molecule has 0 nitrogen and oxygen atoms in total. The zero-order valence-corrected chi connectivity index (χ0v) is 14.0. The number of halogens is 2. The maximum absolute atomic E-state index is 3.95. The van der Waals surface area contributed by atoms with Crippen LogP contribution < -0.4 is 0 Å². The molecule has 18 heavy (non-hydrogen) atoms.